The van der Waals surface area contributed by atoms with Crippen LogP contribution in [0.3, 0.4) is 0 Å². The van der Waals surface area contributed by atoms with Gasteiger partial charge in [0.05, 0.1) is 10.6 Å². The van der Waals surface area contributed by atoms with Crippen molar-refractivity contribution >= 4 is 21.9 Å². The second-order valence-electron chi connectivity index (χ2n) is 5.27. The zero-order chi connectivity index (χ0) is 15.4. The molecule has 2 aromatic carbocycles. The number of hydrogen-bond acceptors (Lipinski definition) is 3. The van der Waals surface area contributed by atoms with E-state index in [9.17, 15) is 8.42 Å². The van der Waals surface area contributed by atoms with E-state index in [0.29, 0.717) is 18.0 Å². The highest BCUT2D eigenvalue weighted by Crippen LogP contribution is 2.23. The molecular weight excluding hydrogens is 296 g/mol. The molecule has 0 bridgehead atoms. The molecule has 114 valence electrons. The number of sulfonamides is 1. The summed E-state index contributed by atoms with van der Waals surface area (Å²) in [6.07, 6.45) is 3.65. The van der Waals surface area contributed by atoms with Gasteiger partial charge in [-0.15, -0.1) is 0 Å². The SMILES string of the molecule is O=S(=O)(c1ccc(N=Cc2ccccc2)cc1)N1CCCC1. The van der Waals surface area contributed by atoms with Gasteiger partial charge in [-0.25, -0.2) is 8.42 Å². The summed E-state index contributed by atoms with van der Waals surface area (Å²) in [6, 6.07) is 16.5. The lowest BCUT2D eigenvalue weighted by atomic mass is 10.2. The lowest BCUT2D eigenvalue weighted by molar-refractivity contribution is 0.477. The van der Waals surface area contributed by atoms with Gasteiger partial charge in [-0.3, -0.25) is 4.99 Å². The molecule has 1 fully saturated rings. The summed E-state index contributed by atoms with van der Waals surface area (Å²) in [5, 5.41) is 0. The van der Waals surface area contributed by atoms with Gasteiger partial charge in [-0.05, 0) is 42.7 Å². The zero-order valence-electron chi connectivity index (χ0n) is 12.2. The van der Waals surface area contributed by atoms with Crippen LogP contribution >= 0.6 is 0 Å². The van der Waals surface area contributed by atoms with Crippen LogP contribution in [0.4, 0.5) is 5.69 Å². The van der Waals surface area contributed by atoms with Crippen LogP contribution in [0, 0.1) is 0 Å². The van der Waals surface area contributed by atoms with Crippen LogP contribution in [0.2, 0.25) is 0 Å². The minimum absolute atomic E-state index is 0.341. The lowest BCUT2D eigenvalue weighted by Crippen LogP contribution is -2.27. The summed E-state index contributed by atoms with van der Waals surface area (Å²) in [4.78, 5) is 4.70. The molecule has 22 heavy (non-hydrogen) atoms. The van der Waals surface area contributed by atoms with E-state index in [4.69, 9.17) is 0 Å². The highest BCUT2D eigenvalue weighted by Gasteiger charge is 2.26. The second-order valence-corrected chi connectivity index (χ2v) is 7.21. The van der Waals surface area contributed by atoms with Gasteiger partial charge in [0.15, 0.2) is 0 Å². The first kappa shape index (κ1) is 14.9. The molecule has 0 saturated carbocycles. The number of nitrogens with zero attached hydrogens (tertiary/aromatic N) is 2. The molecule has 1 saturated heterocycles. The van der Waals surface area contributed by atoms with Gasteiger partial charge in [0.1, 0.15) is 0 Å². The van der Waals surface area contributed by atoms with Crippen molar-refractivity contribution in [2.75, 3.05) is 13.1 Å². The van der Waals surface area contributed by atoms with Gasteiger partial charge in [0, 0.05) is 19.3 Å². The van der Waals surface area contributed by atoms with Gasteiger partial charge in [0.25, 0.3) is 0 Å². The lowest BCUT2D eigenvalue weighted by Gasteiger charge is -2.15. The van der Waals surface area contributed by atoms with Crippen LogP contribution in [0.5, 0.6) is 0 Å². The van der Waals surface area contributed by atoms with Gasteiger partial charge < -0.3 is 0 Å². The summed E-state index contributed by atoms with van der Waals surface area (Å²) in [7, 11) is -3.34. The summed E-state index contributed by atoms with van der Waals surface area (Å²) in [5.41, 5.74) is 1.75. The Hall–Kier alpha value is -1.98. The number of rotatable bonds is 4. The molecule has 0 radical (unpaired) electrons. The molecule has 0 amide bonds. The van der Waals surface area contributed by atoms with Crippen LogP contribution in [0.25, 0.3) is 0 Å². The Morgan fingerprint density at radius 3 is 2.18 bits per heavy atom. The summed E-state index contributed by atoms with van der Waals surface area (Å²) < 4.78 is 26.4. The van der Waals surface area contributed by atoms with E-state index in [0.717, 1.165) is 24.1 Å². The highest BCUT2D eigenvalue weighted by molar-refractivity contribution is 7.89. The normalized spacial score (nSPS) is 16.4. The smallest absolute Gasteiger partial charge is 0.243 e. The molecule has 1 aliphatic rings. The molecule has 0 unspecified atom stereocenters. The Balaban J connectivity index is 1.77. The van der Waals surface area contributed by atoms with Crippen LogP contribution < -0.4 is 0 Å². The number of aliphatic imine (C=N–C) groups is 1. The van der Waals surface area contributed by atoms with Gasteiger partial charge in [0.2, 0.25) is 10.0 Å². The van der Waals surface area contributed by atoms with E-state index in [1.165, 1.54) is 0 Å². The molecule has 0 N–H and O–H groups in total. The Morgan fingerprint density at radius 1 is 0.909 bits per heavy atom. The quantitative estimate of drug-likeness (QED) is 0.814. The average molecular weight is 314 g/mol. The first-order chi connectivity index (χ1) is 10.7. The standard InChI is InChI=1S/C17H18N2O2S/c20-22(21,19-12-4-5-13-19)17-10-8-16(9-11-17)18-14-15-6-2-1-3-7-15/h1-3,6-11,14H,4-5,12-13H2. The minimum atomic E-state index is -3.34. The Kier molecular flexibility index (Phi) is 4.36. The van der Waals surface area contributed by atoms with E-state index >= 15 is 0 Å². The molecule has 1 heterocycles. The van der Waals surface area contributed by atoms with Crippen LogP contribution in [-0.4, -0.2) is 32.0 Å². The van der Waals surface area contributed by atoms with Crippen LogP contribution in [-0.2, 0) is 10.0 Å². The van der Waals surface area contributed by atoms with E-state index in [1.54, 1.807) is 34.8 Å². The molecule has 1 aliphatic heterocycles. The summed E-state index contributed by atoms with van der Waals surface area (Å²) >= 11 is 0. The van der Waals surface area contributed by atoms with Gasteiger partial charge in [-0.2, -0.15) is 4.31 Å². The van der Waals surface area contributed by atoms with E-state index in [1.807, 2.05) is 30.3 Å². The van der Waals surface area contributed by atoms with Crippen molar-refractivity contribution in [3.63, 3.8) is 0 Å². The van der Waals surface area contributed by atoms with E-state index in [-0.39, 0.29) is 0 Å². The molecule has 2 aromatic rings. The fraction of sp³-hybridized carbons (Fsp3) is 0.235. The zero-order valence-corrected chi connectivity index (χ0v) is 13.0. The highest BCUT2D eigenvalue weighted by atomic mass is 32.2. The summed E-state index contributed by atoms with van der Waals surface area (Å²) in [6.45, 7) is 1.24. The van der Waals surface area contributed by atoms with Crippen molar-refractivity contribution in [1.82, 2.24) is 4.31 Å². The fourth-order valence-corrected chi connectivity index (χ4v) is 3.99. The third-order valence-electron chi connectivity index (χ3n) is 3.70. The topological polar surface area (TPSA) is 49.7 Å². The molecule has 0 spiro atoms. The minimum Gasteiger partial charge on any atom is -0.256 e. The maximum absolute atomic E-state index is 12.4. The third-order valence-corrected chi connectivity index (χ3v) is 5.61. The number of benzene rings is 2. The Bertz CT molecular complexity index is 747. The molecule has 0 aliphatic carbocycles. The van der Waals surface area contributed by atoms with Crippen molar-refractivity contribution < 1.29 is 8.42 Å². The average Bonchev–Trinajstić information content (AvgIpc) is 3.10. The first-order valence-electron chi connectivity index (χ1n) is 7.36. The predicted molar refractivity (Wildman–Crippen MR) is 88.1 cm³/mol. The number of hydrogen-bond donors (Lipinski definition) is 0. The first-order valence-corrected chi connectivity index (χ1v) is 8.80. The Labute approximate surface area is 131 Å². The predicted octanol–water partition coefficient (Wildman–Crippen LogP) is 3.22. The van der Waals surface area contributed by atoms with E-state index < -0.39 is 10.0 Å². The van der Waals surface area contributed by atoms with Crippen molar-refractivity contribution in [2.24, 2.45) is 4.99 Å². The second kappa shape index (κ2) is 6.42. The molecule has 4 nitrogen and oxygen atoms in total. The van der Waals surface area contributed by atoms with Crippen molar-refractivity contribution in [2.45, 2.75) is 17.7 Å². The van der Waals surface area contributed by atoms with Gasteiger partial charge in [-0.1, -0.05) is 30.3 Å². The van der Waals surface area contributed by atoms with Crippen LogP contribution in [0.1, 0.15) is 18.4 Å². The van der Waals surface area contributed by atoms with E-state index in [2.05, 4.69) is 4.99 Å². The molecule has 5 heteroatoms. The molecule has 3 rings (SSSR count). The fourth-order valence-electron chi connectivity index (χ4n) is 2.47. The third kappa shape index (κ3) is 3.26. The molecule has 0 atom stereocenters. The molecule has 0 aromatic heterocycles. The maximum atomic E-state index is 12.4. The van der Waals surface area contributed by atoms with Gasteiger partial charge >= 0.3 is 0 Å². The maximum Gasteiger partial charge on any atom is 0.243 e. The summed E-state index contributed by atoms with van der Waals surface area (Å²) in [5.74, 6) is 0. The molecular formula is C17H18N2O2S. The van der Waals surface area contributed by atoms with Crippen molar-refractivity contribution in [1.29, 1.82) is 0 Å². The van der Waals surface area contributed by atoms with Crippen molar-refractivity contribution in [3.8, 4) is 0 Å². The monoisotopic (exact) mass is 314 g/mol. The Morgan fingerprint density at radius 2 is 1.55 bits per heavy atom. The largest absolute Gasteiger partial charge is 0.256 e. The van der Waals surface area contributed by atoms with Crippen molar-refractivity contribution in [3.05, 3.63) is 60.2 Å². The van der Waals surface area contributed by atoms with Crippen LogP contribution in [0.15, 0.2) is 64.5 Å².